The molecule has 1 amide bonds. The van der Waals surface area contributed by atoms with E-state index in [4.69, 9.17) is 4.98 Å². The summed E-state index contributed by atoms with van der Waals surface area (Å²) in [6, 6.07) is 2.47. The second kappa shape index (κ2) is 8.46. The highest BCUT2D eigenvalue weighted by Crippen LogP contribution is 2.40. The molecular formula is C24H33N5O3. The second-order valence-corrected chi connectivity index (χ2v) is 10.1. The molecule has 32 heavy (non-hydrogen) atoms. The van der Waals surface area contributed by atoms with E-state index in [2.05, 4.69) is 9.88 Å². The summed E-state index contributed by atoms with van der Waals surface area (Å²) in [5, 5.41) is 0.248. The van der Waals surface area contributed by atoms with Crippen LogP contribution in [0.25, 0.3) is 11.0 Å². The van der Waals surface area contributed by atoms with Gasteiger partial charge in [0.2, 0.25) is 0 Å². The number of carbonyl (C=O) groups is 1. The van der Waals surface area contributed by atoms with Crippen LogP contribution in [-0.2, 0) is 6.54 Å². The van der Waals surface area contributed by atoms with E-state index in [9.17, 15) is 14.4 Å². The maximum absolute atomic E-state index is 13.6. The summed E-state index contributed by atoms with van der Waals surface area (Å²) in [4.78, 5) is 50.7. The molecule has 0 atom stereocenters. The van der Waals surface area contributed by atoms with Crippen molar-refractivity contribution >= 4 is 16.9 Å². The van der Waals surface area contributed by atoms with Gasteiger partial charge in [-0.1, -0.05) is 26.7 Å². The van der Waals surface area contributed by atoms with Crippen LogP contribution in [0.3, 0.4) is 0 Å². The fourth-order valence-electron chi connectivity index (χ4n) is 5.31. The maximum Gasteiger partial charge on any atom is 0.330 e. The summed E-state index contributed by atoms with van der Waals surface area (Å²) in [5.74, 6) is 0.397. The van der Waals surface area contributed by atoms with Crippen molar-refractivity contribution in [1.29, 1.82) is 0 Å². The van der Waals surface area contributed by atoms with Crippen LogP contribution in [0.1, 0.15) is 74.3 Å². The smallest absolute Gasteiger partial charge is 0.330 e. The van der Waals surface area contributed by atoms with Crippen LogP contribution < -0.4 is 11.2 Å². The Morgan fingerprint density at radius 2 is 1.78 bits per heavy atom. The standard InChI is InChI=1S/C24H33N5O3/c1-15(2)14-29-21-20(22(30)26-24(29)32)18(13-19(25-21)16-7-8-16)23(31)28-11-9-27(10-12-28)17-5-3-4-6-17/h13,15-17H,3-12,14H2,1-2H3,(H,26,30,32). The molecule has 2 aromatic rings. The Morgan fingerprint density at radius 1 is 1.09 bits per heavy atom. The van der Waals surface area contributed by atoms with Gasteiger partial charge in [-0.3, -0.25) is 24.0 Å². The average Bonchev–Trinajstić information content (AvgIpc) is 3.49. The van der Waals surface area contributed by atoms with E-state index < -0.39 is 11.2 Å². The summed E-state index contributed by atoms with van der Waals surface area (Å²) in [5.41, 5.74) is 0.593. The quantitative estimate of drug-likeness (QED) is 0.772. The molecule has 0 spiro atoms. The Balaban J connectivity index is 1.52. The molecule has 0 bridgehead atoms. The monoisotopic (exact) mass is 439 g/mol. The van der Waals surface area contributed by atoms with Crippen molar-refractivity contribution in [2.45, 2.75) is 70.9 Å². The minimum absolute atomic E-state index is 0.120. The molecule has 172 valence electrons. The largest absolute Gasteiger partial charge is 0.336 e. The van der Waals surface area contributed by atoms with E-state index in [0.29, 0.717) is 42.8 Å². The zero-order valence-electron chi connectivity index (χ0n) is 19.1. The lowest BCUT2D eigenvalue weighted by atomic mass is 10.1. The first-order chi connectivity index (χ1) is 15.4. The molecule has 0 aromatic carbocycles. The SMILES string of the molecule is CC(C)Cn1c(=O)[nH]c(=O)c2c(C(=O)N3CCN(C4CCCC4)CC3)cc(C3CC3)nc21. The van der Waals surface area contributed by atoms with Gasteiger partial charge in [0, 0.05) is 50.4 Å². The van der Waals surface area contributed by atoms with E-state index in [1.54, 1.807) is 0 Å². The molecule has 2 saturated carbocycles. The Kier molecular flexibility index (Phi) is 5.65. The molecule has 2 aromatic heterocycles. The van der Waals surface area contributed by atoms with E-state index in [0.717, 1.165) is 31.6 Å². The highest BCUT2D eigenvalue weighted by molar-refractivity contribution is 6.05. The van der Waals surface area contributed by atoms with Crippen LogP contribution in [0.15, 0.2) is 15.7 Å². The number of amides is 1. The molecule has 0 unspecified atom stereocenters. The van der Waals surface area contributed by atoms with Gasteiger partial charge in [0.15, 0.2) is 5.65 Å². The fourth-order valence-corrected chi connectivity index (χ4v) is 5.31. The molecule has 8 heteroatoms. The minimum atomic E-state index is -0.521. The van der Waals surface area contributed by atoms with Crippen molar-refractivity contribution in [3.63, 3.8) is 0 Å². The van der Waals surface area contributed by atoms with Gasteiger partial charge in [-0.25, -0.2) is 9.78 Å². The predicted octanol–water partition coefficient (Wildman–Crippen LogP) is 2.32. The molecule has 3 aliphatic rings. The molecule has 1 saturated heterocycles. The number of aromatic nitrogens is 3. The van der Waals surface area contributed by atoms with Gasteiger partial charge in [0.05, 0.1) is 10.9 Å². The fraction of sp³-hybridized carbons (Fsp3) is 0.667. The number of fused-ring (bicyclic) bond motifs is 1. The van der Waals surface area contributed by atoms with Crippen LogP contribution in [0.4, 0.5) is 0 Å². The van der Waals surface area contributed by atoms with Gasteiger partial charge in [0.1, 0.15) is 0 Å². The number of hydrogen-bond donors (Lipinski definition) is 1. The molecule has 8 nitrogen and oxygen atoms in total. The summed E-state index contributed by atoms with van der Waals surface area (Å²) in [6.45, 7) is 7.57. The maximum atomic E-state index is 13.6. The van der Waals surface area contributed by atoms with Crippen molar-refractivity contribution < 1.29 is 4.79 Å². The predicted molar refractivity (Wildman–Crippen MR) is 123 cm³/mol. The Bertz CT molecular complexity index is 1130. The van der Waals surface area contributed by atoms with E-state index in [1.807, 2.05) is 24.8 Å². The number of rotatable bonds is 5. The highest BCUT2D eigenvalue weighted by Gasteiger charge is 2.32. The van der Waals surface area contributed by atoms with Crippen LogP contribution in [-0.4, -0.2) is 62.5 Å². The van der Waals surface area contributed by atoms with Gasteiger partial charge in [-0.05, 0) is 37.7 Å². The third-order valence-electron chi connectivity index (χ3n) is 7.18. The van der Waals surface area contributed by atoms with Crippen molar-refractivity contribution in [3.05, 3.63) is 38.2 Å². The third-order valence-corrected chi connectivity index (χ3v) is 7.18. The first kappa shape index (κ1) is 21.4. The van der Waals surface area contributed by atoms with Gasteiger partial charge in [-0.2, -0.15) is 0 Å². The number of hydrogen-bond acceptors (Lipinski definition) is 5. The van der Waals surface area contributed by atoms with Gasteiger partial charge in [0.25, 0.3) is 11.5 Å². The van der Waals surface area contributed by atoms with Crippen molar-refractivity contribution in [2.75, 3.05) is 26.2 Å². The van der Waals surface area contributed by atoms with Crippen LogP contribution in [0.2, 0.25) is 0 Å². The summed E-state index contributed by atoms with van der Waals surface area (Å²) in [7, 11) is 0. The number of aromatic amines is 1. The van der Waals surface area contributed by atoms with Crippen LogP contribution >= 0.6 is 0 Å². The molecule has 1 N–H and O–H groups in total. The number of carbonyl (C=O) groups excluding carboxylic acids is 1. The second-order valence-electron chi connectivity index (χ2n) is 10.1. The molecule has 5 rings (SSSR count). The van der Waals surface area contributed by atoms with Gasteiger partial charge in [-0.15, -0.1) is 0 Å². The minimum Gasteiger partial charge on any atom is -0.336 e. The van der Waals surface area contributed by atoms with Crippen molar-refractivity contribution in [2.24, 2.45) is 5.92 Å². The normalized spacial score (nSPS) is 20.5. The van der Waals surface area contributed by atoms with E-state index >= 15 is 0 Å². The average molecular weight is 440 g/mol. The van der Waals surface area contributed by atoms with Gasteiger partial charge < -0.3 is 4.90 Å². The number of H-pyrrole nitrogens is 1. The van der Waals surface area contributed by atoms with Crippen LogP contribution in [0.5, 0.6) is 0 Å². The Hall–Kier alpha value is -2.48. The lowest BCUT2D eigenvalue weighted by Gasteiger charge is -2.38. The Morgan fingerprint density at radius 3 is 2.41 bits per heavy atom. The zero-order valence-corrected chi connectivity index (χ0v) is 19.1. The number of nitrogens with zero attached hydrogens (tertiary/aromatic N) is 4. The summed E-state index contributed by atoms with van der Waals surface area (Å²) >= 11 is 0. The van der Waals surface area contributed by atoms with Crippen molar-refractivity contribution in [3.8, 4) is 0 Å². The molecule has 3 fully saturated rings. The van der Waals surface area contributed by atoms with Crippen LogP contribution in [0, 0.1) is 5.92 Å². The molecule has 0 radical (unpaired) electrons. The molecular weight excluding hydrogens is 406 g/mol. The summed E-state index contributed by atoms with van der Waals surface area (Å²) < 4.78 is 1.53. The Labute approximate surface area is 187 Å². The third kappa shape index (κ3) is 4.00. The first-order valence-electron chi connectivity index (χ1n) is 12.1. The van der Waals surface area contributed by atoms with E-state index in [1.165, 1.54) is 30.3 Å². The molecule has 2 aliphatic carbocycles. The molecule has 3 heterocycles. The first-order valence-corrected chi connectivity index (χ1v) is 12.1. The molecule has 1 aliphatic heterocycles. The van der Waals surface area contributed by atoms with Crippen molar-refractivity contribution in [1.82, 2.24) is 24.3 Å². The number of piperazine rings is 1. The summed E-state index contributed by atoms with van der Waals surface area (Å²) in [6.07, 6.45) is 7.19. The van der Waals surface area contributed by atoms with E-state index in [-0.39, 0.29) is 17.2 Å². The zero-order chi connectivity index (χ0) is 22.4. The number of pyridine rings is 1. The topological polar surface area (TPSA) is 91.3 Å². The van der Waals surface area contributed by atoms with Gasteiger partial charge >= 0.3 is 5.69 Å². The highest BCUT2D eigenvalue weighted by atomic mass is 16.2. The number of nitrogens with one attached hydrogen (secondary N) is 1. The lowest BCUT2D eigenvalue weighted by Crippen LogP contribution is -2.51. The lowest BCUT2D eigenvalue weighted by molar-refractivity contribution is 0.0575.